The van der Waals surface area contributed by atoms with Crippen LogP contribution in [0, 0.1) is 5.95 Å². The Morgan fingerprint density at radius 3 is 3.00 bits per heavy atom. The average molecular weight is 208 g/mol. The first-order valence-electron chi connectivity index (χ1n) is 4.40. The van der Waals surface area contributed by atoms with Crippen molar-refractivity contribution in [2.45, 2.75) is 13.0 Å². The average Bonchev–Trinajstić information content (AvgIpc) is 2.70. The van der Waals surface area contributed by atoms with Crippen molar-refractivity contribution < 1.29 is 8.91 Å². The van der Waals surface area contributed by atoms with Crippen molar-refractivity contribution in [3.63, 3.8) is 0 Å². The molecule has 0 amide bonds. The predicted molar refractivity (Wildman–Crippen MR) is 50.5 cm³/mol. The molecule has 0 radical (unpaired) electrons. The summed E-state index contributed by atoms with van der Waals surface area (Å²) in [7, 11) is 0. The molecular weight excluding hydrogens is 199 g/mol. The van der Waals surface area contributed by atoms with Crippen LogP contribution in [0.3, 0.4) is 0 Å². The van der Waals surface area contributed by atoms with Gasteiger partial charge in [-0.3, -0.25) is 0 Å². The Bertz CT molecular complexity index is 431. The first kappa shape index (κ1) is 9.57. The number of nitrogens with one attached hydrogen (secondary N) is 1. The Morgan fingerprint density at radius 1 is 1.47 bits per heavy atom. The van der Waals surface area contributed by atoms with E-state index in [2.05, 4.69) is 25.0 Å². The number of aromatic nitrogens is 3. The molecule has 0 fully saturated rings. The van der Waals surface area contributed by atoms with E-state index >= 15 is 0 Å². The van der Waals surface area contributed by atoms with E-state index in [1.807, 2.05) is 6.92 Å². The highest BCUT2D eigenvalue weighted by molar-refractivity contribution is 5.42. The second-order valence-electron chi connectivity index (χ2n) is 3.02. The van der Waals surface area contributed by atoms with Crippen LogP contribution in [-0.2, 0) is 0 Å². The molecule has 0 aliphatic rings. The lowest BCUT2D eigenvalue weighted by Gasteiger charge is -2.10. The standard InChI is InChI=1S/C9H9FN4O/c1-6(9-12-5-15-14-9)13-7-2-3-11-8(10)4-7/h2-6H,1H3,(H,11,13). The number of anilines is 1. The van der Waals surface area contributed by atoms with Crippen LogP contribution in [-0.4, -0.2) is 15.1 Å². The minimum Gasteiger partial charge on any atom is -0.375 e. The minimum atomic E-state index is -0.527. The van der Waals surface area contributed by atoms with Crippen molar-refractivity contribution in [1.29, 1.82) is 0 Å². The van der Waals surface area contributed by atoms with Gasteiger partial charge in [0, 0.05) is 18.0 Å². The Balaban J connectivity index is 2.09. The van der Waals surface area contributed by atoms with Crippen LogP contribution in [0.15, 0.2) is 29.2 Å². The van der Waals surface area contributed by atoms with Gasteiger partial charge in [-0.15, -0.1) is 0 Å². The van der Waals surface area contributed by atoms with Crippen LogP contribution in [0.1, 0.15) is 18.8 Å². The molecular formula is C9H9FN4O. The summed E-state index contributed by atoms with van der Waals surface area (Å²) in [4.78, 5) is 7.34. The van der Waals surface area contributed by atoms with E-state index in [4.69, 9.17) is 0 Å². The van der Waals surface area contributed by atoms with Gasteiger partial charge in [-0.1, -0.05) is 5.16 Å². The second kappa shape index (κ2) is 4.04. The highest BCUT2D eigenvalue weighted by Gasteiger charge is 2.09. The third-order valence-corrected chi connectivity index (χ3v) is 1.88. The summed E-state index contributed by atoms with van der Waals surface area (Å²) in [5.41, 5.74) is 0.625. The van der Waals surface area contributed by atoms with E-state index in [0.29, 0.717) is 11.5 Å². The first-order chi connectivity index (χ1) is 7.25. The molecule has 1 N–H and O–H groups in total. The maximum atomic E-state index is 12.8. The molecule has 0 saturated carbocycles. The first-order valence-corrected chi connectivity index (χ1v) is 4.40. The number of rotatable bonds is 3. The SMILES string of the molecule is CC(Nc1ccnc(F)c1)c1ncon1. The molecule has 0 bridgehead atoms. The maximum absolute atomic E-state index is 12.8. The van der Waals surface area contributed by atoms with Crippen molar-refractivity contribution in [2.24, 2.45) is 0 Å². The van der Waals surface area contributed by atoms with Gasteiger partial charge in [0.1, 0.15) is 0 Å². The molecule has 0 saturated heterocycles. The normalized spacial score (nSPS) is 12.4. The van der Waals surface area contributed by atoms with Crippen molar-refractivity contribution >= 4 is 5.69 Å². The minimum absolute atomic E-state index is 0.148. The molecule has 2 aromatic rings. The third-order valence-electron chi connectivity index (χ3n) is 1.88. The summed E-state index contributed by atoms with van der Waals surface area (Å²) in [5, 5.41) is 6.70. The zero-order valence-electron chi connectivity index (χ0n) is 8.01. The summed E-state index contributed by atoms with van der Waals surface area (Å²) in [6.07, 6.45) is 2.64. The van der Waals surface area contributed by atoms with Gasteiger partial charge in [0.25, 0.3) is 0 Å². The zero-order valence-corrected chi connectivity index (χ0v) is 8.01. The lowest BCUT2D eigenvalue weighted by Crippen LogP contribution is -2.08. The number of nitrogens with zero attached hydrogens (tertiary/aromatic N) is 3. The molecule has 0 aromatic carbocycles. The van der Waals surface area contributed by atoms with Gasteiger partial charge >= 0.3 is 0 Å². The molecule has 5 nitrogen and oxygen atoms in total. The van der Waals surface area contributed by atoms with E-state index in [9.17, 15) is 4.39 Å². The van der Waals surface area contributed by atoms with Gasteiger partial charge < -0.3 is 9.84 Å². The maximum Gasteiger partial charge on any atom is 0.214 e. The smallest absolute Gasteiger partial charge is 0.214 e. The summed E-state index contributed by atoms with van der Waals surface area (Å²) in [5.74, 6) is -0.00691. The summed E-state index contributed by atoms with van der Waals surface area (Å²) in [6.45, 7) is 1.85. The molecule has 2 heterocycles. The van der Waals surface area contributed by atoms with Crippen LogP contribution in [0.5, 0.6) is 0 Å². The molecule has 78 valence electrons. The topological polar surface area (TPSA) is 63.8 Å². The van der Waals surface area contributed by atoms with Gasteiger partial charge in [-0.05, 0) is 13.0 Å². The quantitative estimate of drug-likeness (QED) is 0.779. The number of hydrogen-bond acceptors (Lipinski definition) is 5. The van der Waals surface area contributed by atoms with E-state index in [1.54, 1.807) is 6.07 Å². The molecule has 0 aliphatic heterocycles. The zero-order chi connectivity index (χ0) is 10.7. The lowest BCUT2D eigenvalue weighted by atomic mass is 10.3. The highest BCUT2D eigenvalue weighted by atomic mass is 19.1. The third kappa shape index (κ3) is 2.28. The summed E-state index contributed by atoms with van der Waals surface area (Å²) >= 11 is 0. The molecule has 0 spiro atoms. The van der Waals surface area contributed by atoms with E-state index in [1.165, 1.54) is 18.7 Å². The van der Waals surface area contributed by atoms with E-state index < -0.39 is 5.95 Å². The van der Waals surface area contributed by atoms with E-state index in [-0.39, 0.29) is 6.04 Å². The van der Waals surface area contributed by atoms with Gasteiger partial charge in [-0.2, -0.15) is 9.37 Å². The molecule has 15 heavy (non-hydrogen) atoms. The van der Waals surface area contributed by atoms with Crippen LogP contribution in [0.25, 0.3) is 0 Å². The van der Waals surface area contributed by atoms with Crippen LogP contribution < -0.4 is 5.32 Å². The molecule has 6 heteroatoms. The van der Waals surface area contributed by atoms with E-state index in [0.717, 1.165) is 0 Å². The van der Waals surface area contributed by atoms with Crippen molar-refractivity contribution in [1.82, 2.24) is 15.1 Å². The number of hydrogen-bond donors (Lipinski definition) is 1. The van der Waals surface area contributed by atoms with Crippen LogP contribution in [0.2, 0.25) is 0 Å². The fourth-order valence-electron chi connectivity index (χ4n) is 1.18. The Labute approximate surface area is 85.3 Å². The van der Waals surface area contributed by atoms with Gasteiger partial charge in [-0.25, -0.2) is 4.98 Å². The van der Waals surface area contributed by atoms with Crippen LogP contribution in [0.4, 0.5) is 10.1 Å². The monoisotopic (exact) mass is 208 g/mol. The highest BCUT2D eigenvalue weighted by Crippen LogP contribution is 2.15. The van der Waals surface area contributed by atoms with Crippen molar-refractivity contribution in [3.05, 3.63) is 36.5 Å². The van der Waals surface area contributed by atoms with Gasteiger partial charge in [0.2, 0.25) is 12.3 Å². The van der Waals surface area contributed by atoms with Gasteiger partial charge in [0.15, 0.2) is 5.82 Å². The van der Waals surface area contributed by atoms with Crippen molar-refractivity contribution in [3.8, 4) is 0 Å². The molecule has 2 aromatic heterocycles. The largest absolute Gasteiger partial charge is 0.375 e. The Kier molecular flexibility index (Phi) is 2.57. The number of pyridine rings is 1. The fraction of sp³-hybridized carbons (Fsp3) is 0.222. The molecule has 0 aliphatic carbocycles. The lowest BCUT2D eigenvalue weighted by molar-refractivity contribution is 0.407. The van der Waals surface area contributed by atoms with Crippen molar-refractivity contribution in [2.75, 3.05) is 5.32 Å². The Morgan fingerprint density at radius 2 is 2.33 bits per heavy atom. The Hall–Kier alpha value is -1.98. The predicted octanol–water partition coefficient (Wildman–Crippen LogP) is 1.78. The second-order valence-corrected chi connectivity index (χ2v) is 3.02. The summed E-state index contributed by atoms with van der Waals surface area (Å²) < 4.78 is 17.4. The number of halogens is 1. The van der Waals surface area contributed by atoms with Gasteiger partial charge in [0.05, 0.1) is 6.04 Å². The van der Waals surface area contributed by atoms with Crippen LogP contribution >= 0.6 is 0 Å². The molecule has 1 atom stereocenters. The summed E-state index contributed by atoms with van der Waals surface area (Å²) in [6, 6.07) is 2.82. The fourth-order valence-corrected chi connectivity index (χ4v) is 1.18. The molecule has 1 unspecified atom stereocenters. The molecule has 2 rings (SSSR count).